The monoisotopic (exact) mass is 269 g/mol. The quantitative estimate of drug-likeness (QED) is 0.850. The fraction of sp³-hybridized carbons (Fsp3) is 0.471. The number of aromatic nitrogens is 1. The molecule has 0 unspecified atom stereocenters. The standard InChI is InChI=1S/C17H23N3/c1-19-10-12-20(13-11-19)9-3-6-15-4-2-5-16-7-8-18-14-17(15)16/h2,4-5,7-8,14H,3,6,9-13H2,1H3. The molecule has 2 aromatic rings. The van der Waals surface area contributed by atoms with Crippen molar-refractivity contribution in [1.29, 1.82) is 0 Å². The van der Waals surface area contributed by atoms with E-state index < -0.39 is 0 Å². The molecule has 3 nitrogen and oxygen atoms in total. The van der Waals surface area contributed by atoms with Crippen LogP contribution in [0.1, 0.15) is 12.0 Å². The maximum absolute atomic E-state index is 4.26. The molecule has 3 heteroatoms. The van der Waals surface area contributed by atoms with Crippen molar-refractivity contribution >= 4 is 10.8 Å². The maximum atomic E-state index is 4.26. The van der Waals surface area contributed by atoms with E-state index in [0.717, 1.165) is 6.42 Å². The summed E-state index contributed by atoms with van der Waals surface area (Å²) in [5.41, 5.74) is 1.43. The Morgan fingerprint density at radius 2 is 1.95 bits per heavy atom. The number of fused-ring (bicyclic) bond motifs is 1. The summed E-state index contributed by atoms with van der Waals surface area (Å²) < 4.78 is 0. The van der Waals surface area contributed by atoms with Gasteiger partial charge in [-0.2, -0.15) is 0 Å². The lowest BCUT2D eigenvalue weighted by atomic mass is 10.0. The number of nitrogens with zero attached hydrogens (tertiary/aromatic N) is 3. The van der Waals surface area contributed by atoms with Gasteiger partial charge in [-0.1, -0.05) is 18.2 Å². The van der Waals surface area contributed by atoms with Gasteiger partial charge in [0, 0.05) is 44.0 Å². The molecule has 2 heterocycles. The summed E-state index contributed by atoms with van der Waals surface area (Å²) in [6.07, 6.45) is 6.25. The average molecular weight is 269 g/mol. The van der Waals surface area contributed by atoms with Crippen molar-refractivity contribution < 1.29 is 0 Å². The van der Waals surface area contributed by atoms with Crippen LogP contribution in [0.5, 0.6) is 0 Å². The van der Waals surface area contributed by atoms with E-state index in [9.17, 15) is 0 Å². The number of hydrogen-bond donors (Lipinski definition) is 0. The minimum Gasteiger partial charge on any atom is -0.304 e. The summed E-state index contributed by atoms with van der Waals surface area (Å²) in [6, 6.07) is 8.67. The molecule has 1 aromatic heterocycles. The highest BCUT2D eigenvalue weighted by Crippen LogP contribution is 2.18. The van der Waals surface area contributed by atoms with Crippen molar-refractivity contribution in [1.82, 2.24) is 14.8 Å². The van der Waals surface area contributed by atoms with Crippen molar-refractivity contribution in [3.63, 3.8) is 0 Å². The van der Waals surface area contributed by atoms with E-state index in [1.165, 1.54) is 55.5 Å². The predicted octanol–water partition coefficient (Wildman–Crippen LogP) is 2.41. The molecule has 106 valence electrons. The number of aryl methyl sites for hydroxylation is 1. The summed E-state index contributed by atoms with van der Waals surface area (Å²) in [7, 11) is 2.21. The first-order chi connectivity index (χ1) is 9.83. The molecule has 1 aromatic carbocycles. The van der Waals surface area contributed by atoms with Crippen LogP contribution in [0, 0.1) is 0 Å². The Bertz CT molecular complexity index is 554. The summed E-state index contributed by atoms with van der Waals surface area (Å²) >= 11 is 0. The third-order valence-corrected chi connectivity index (χ3v) is 4.29. The summed E-state index contributed by atoms with van der Waals surface area (Å²) in [4.78, 5) is 9.26. The number of likely N-dealkylation sites (N-methyl/N-ethyl adjacent to an activating group) is 1. The van der Waals surface area contributed by atoms with Gasteiger partial charge < -0.3 is 9.80 Å². The molecule has 0 N–H and O–H groups in total. The zero-order valence-electron chi connectivity index (χ0n) is 12.3. The lowest BCUT2D eigenvalue weighted by molar-refractivity contribution is 0.153. The van der Waals surface area contributed by atoms with Crippen LogP contribution in [0.2, 0.25) is 0 Å². The molecule has 0 atom stereocenters. The van der Waals surface area contributed by atoms with Gasteiger partial charge in [0.25, 0.3) is 0 Å². The van der Waals surface area contributed by atoms with E-state index in [4.69, 9.17) is 0 Å². The van der Waals surface area contributed by atoms with E-state index in [1.54, 1.807) is 0 Å². The van der Waals surface area contributed by atoms with E-state index in [2.05, 4.69) is 46.1 Å². The third-order valence-electron chi connectivity index (χ3n) is 4.29. The van der Waals surface area contributed by atoms with Gasteiger partial charge in [-0.25, -0.2) is 0 Å². The van der Waals surface area contributed by atoms with Crippen LogP contribution in [0.4, 0.5) is 0 Å². The SMILES string of the molecule is CN1CCN(CCCc2cccc3ccncc23)CC1. The van der Waals surface area contributed by atoms with Gasteiger partial charge in [0.2, 0.25) is 0 Å². The molecule has 0 amide bonds. The van der Waals surface area contributed by atoms with Crippen LogP contribution in [0.3, 0.4) is 0 Å². The Balaban J connectivity index is 1.57. The molecule has 1 fully saturated rings. The molecule has 0 radical (unpaired) electrons. The molecular formula is C17H23N3. The van der Waals surface area contributed by atoms with Crippen LogP contribution in [-0.4, -0.2) is 54.6 Å². The van der Waals surface area contributed by atoms with Crippen LogP contribution in [0.25, 0.3) is 10.8 Å². The van der Waals surface area contributed by atoms with Crippen molar-refractivity contribution in [2.75, 3.05) is 39.8 Å². The zero-order valence-corrected chi connectivity index (χ0v) is 12.3. The Hall–Kier alpha value is -1.45. The molecule has 1 aliphatic heterocycles. The van der Waals surface area contributed by atoms with Crippen molar-refractivity contribution in [2.45, 2.75) is 12.8 Å². The Morgan fingerprint density at radius 3 is 2.80 bits per heavy atom. The number of rotatable bonds is 4. The topological polar surface area (TPSA) is 19.4 Å². The average Bonchev–Trinajstić information content (AvgIpc) is 2.49. The van der Waals surface area contributed by atoms with E-state index in [1.807, 2.05) is 12.4 Å². The normalized spacial score (nSPS) is 17.6. The zero-order chi connectivity index (χ0) is 13.8. The molecular weight excluding hydrogens is 246 g/mol. The van der Waals surface area contributed by atoms with Gasteiger partial charge in [-0.05, 0) is 43.5 Å². The van der Waals surface area contributed by atoms with Crippen LogP contribution in [0.15, 0.2) is 36.7 Å². The number of hydrogen-bond acceptors (Lipinski definition) is 3. The first kappa shape index (κ1) is 13.5. The molecule has 0 aliphatic carbocycles. The minimum absolute atomic E-state index is 1.15. The highest BCUT2D eigenvalue weighted by atomic mass is 15.2. The first-order valence-corrected chi connectivity index (χ1v) is 7.55. The van der Waals surface area contributed by atoms with Gasteiger partial charge >= 0.3 is 0 Å². The van der Waals surface area contributed by atoms with Crippen molar-refractivity contribution in [2.24, 2.45) is 0 Å². The smallest absolute Gasteiger partial charge is 0.0349 e. The third kappa shape index (κ3) is 3.17. The van der Waals surface area contributed by atoms with Crippen LogP contribution < -0.4 is 0 Å². The Labute approximate surface area is 121 Å². The number of pyridine rings is 1. The second-order valence-electron chi connectivity index (χ2n) is 5.76. The largest absolute Gasteiger partial charge is 0.304 e. The molecule has 0 spiro atoms. The molecule has 1 aliphatic rings. The van der Waals surface area contributed by atoms with Gasteiger partial charge in [-0.15, -0.1) is 0 Å². The van der Waals surface area contributed by atoms with Gasteiger partial charge in [0.1, 0.15) is 0 Å². The maximum Gasteiger partial charge on any atom is 0.0349 e. The molecule has 0 bridgehead atoms. The second-order valence-corrected chi connectivity index (χ2v) is 5.76. The van der Waals surface area contributed by atoms with Crippen molar-refractivity contribution in [3.8, 4) is 0 Å². The predicted molar refractivity (Wildman–Crippen MR) is 84.0 cm³/mol. The van der Waals surface area contributed by atoms with Gasteiger partial charge in [0.15, 0.2) is 0 Å². The summed E-state index contributed by atoms with van der Waals surface area (Å²) in [5, 5.41) is 2.62. The lowest BCUT2D eigenvalue weighted by Gasteiger charge is -2.32. The molecule has 3 rings (SSSR count). The summed E-state index contributed by atoms with van der Waals surface area (Å²) in [6.45, 7) is 6.06. The summed E-state index contributed by atoms with van der Waals surface area (Å²) in [5.74, 6) is 0. The van der Waals surface area contributed by atoms with Crippen molar-refractivity contribution in [3.05, 3.63) is 42.2 Å². The molecule has 0 saturated carbocycles. The Morgan fingerprint density at radius 1 is 1.10 bits per heavy atom. The van der Waals surface area contributed by atoms with Crippen LogP contribution >= 0.6 is 0 Å². The Kier molecular flexibility index (Phi) is 4.28. The fourth-order valence-electron chi connectivity index (χ4n) is 2.96. The van der Waals surface area contributed by atoms with E-state index >= 15 is 0 Å². The highest BCUT2D eigenvalue weighted by Gasteiger charge is 2.13. The second kappa shape index (κ2) is 6.33. The van der Waals surface area contributed by atoms with Gasteiger partial charge in [0.05, 0.1) is 0 Å². The lowest BCUT2D eigenvalue weighted by Crippen LogP contribution is -2.44. The minimum atomic E-state index is 1.15. The number of piperazine rings is 1. The first-order valence-electron chi connectivity index (χ1n) is 7.55. The molecule has 20 heavy (non-hydrogen) atoms. The highest BCUT2D eigenvalue weighted by molar-refractivity contribution is 5.84. The van der Waals surface area contributed by atoms with Gasteiger partial charge in [-0.3, -0.25) is 4.98 Å². The van der Waals surface area contributed by atoms with E-state index in [-0.39, 0.29) is 0 Å². The fourth-order valence-corrected chi connectivity index (χ4v) is 2.96. The molecule has 1 saturated heterocycles. The van der Waals surface area contributed by atoms with E-state index in [0.29, 0.717) is 0 Å². The number of benzene rings is 1. The van der Waals surface area contributed by atoms with Crippen LogP contribution in [-0.2, 0) is 6.42 Å².